The number of carbonyl (C=O) groups excluding carboxylic acids is 1. The molecular weight excluding hydrogens is 242 g/mol. The second kappa shape index (κ2) is 4.59. The first-order valence-electron chi connectivity index (χ1n) is 5.03. The van der Waals surface area contributed by atoms with E-state index in [0.717, 1.165) is 0 Å². The normalized spacial score (nSPS) is 10.5. The minimum absolute atomic E-state index is 0.0381. The summed E-state index contributed by atoms with van der Waals surface area (Å²) < 4.78 is 5.43. The Bertz CT molecular complexity index is 633. The Labute approximate surface area is 102 Å². The van der Waals surface area contributed by atoms with Crippen LogP contribution >= 0.6 is 11.6 Å². The molecule has 5 heteroatoms. The zero-order valence-electron chi connectivity index (χ0n) is 9.12. The number of hydrogen-bond acceptors (Lipinski definition) is 4. The Morgan fingerprint density at radius 2 is 2.18 bits per heavy atom. The molecule has 1 heterocycles. The van der Waals surface area contributed by atoms with Crippen molar-refractivity contribution in [1.29, 1.82) is 0 Å². The van der Waals surface area contributed by atoms with Gasteiger partial charge in [0.1, 0.15) is 11.4 Å². The highest BCUT2D eigenvalue weighted by Gasteiger charge is 2.05. The van der Waals surface area contributed by atoms with Gasteiger partial charge in [0, 0.05) is 11.1 Å². The van der Waals surface area contributed by atoms with Crippen LogP contribution in [0, 0.1) is 0 Å². The molecule has 88 valence electrons. The van der Waals surface area contributed by atoms with Crippen molar-refractivity contribution in [3.63, 3.8) is 0 Å². The van der Waals surface area contributed by atoms with Crippen molar-refractivity contribution in [2.24, 2.45) is 0 Å². The number of halogens is 1. The van der Waals surface area contributed by atoms with E-state index in [-0.39, 0.29) is 23.6 Å². The number of benzene rings is 1. The summed E-state index contributed by atoms with van der Waals surface area (Å²) in [5.41, 5.74) is 0.243. The Morgan fingerprint density at radius 3 is 2.88 bits per heavy atom. The van der Waals surface area contributed by atoms with Gasteiger partial charge in [-0.3, -0.25) is 9.59 Å². The number of hydrogen-bond donors (Lipinski definition) is 1. The predicted octanol–water partition coefficient (Wildman–Crippen LogP) is 2.45. The zero-order valence-corrected chi connectivity index (χ0v) is 9.88. The van der Waals surface area contributed by atoms with E-state index in [1.54, 1.807) is 18.2 Å². The van der Waals surface area contributed by atoms with Gasteiger partial charge in [-0.05, 0) is 25.1 Å². The fourth-order valence-electron chi connectivity index (χ4n) is 1.43. The third-order valence-electron chi connectivity index (χ3n) is 2.20. The molecule has 0 unspecified atom stereocenters. The second-order valence-electron chi connectivity index (χ2n) is 3.67. The topological polar surface area (TPSA) is 59.3 Å². The SMILES string of the molecule is CC(=O)CNc1cc(=O)c2cc(Cl)ccc2o1. The fraction of sp³-hybridized carbons (Fsp3) is 0.167. The van der Waals surface area contributed by atoms with Crippen molar-refractivity contribution in [1.82, 2.24) is 0 Å². The Hall–Kier alpha value is -1.81. The average molecular weight is 252 g/mol. The van der Waals surface area contributed by atoms with Crippen LogP contribution in [0.25, 0.3) is 11.0 Å². The van der Waals surface area contributed by atoms with Crippen LogP contribution in [-0.2, 0) is 4.79 Å². The summed E-state index contributed by atoms with van der Waals surface area (Å²) in [5.74, 6) is 0.240. The summed E-state index contributed by atoms with van der Waals surface area (Å²) in [6, 6.07) is 6.12. The molecule has 0 aliphatic heterocycles. The number of fused-ring (bicyclic) bond motifs is 1. The van der Waals surface area contributed by atoms with Crippen LogP contribution in [0.5, 0.6) is 0 Å². The van der Waals surface area contributed by atoms with E-state index in [9.17, 15) is 9.59 Å². The molecule has 0 atom stereocenters. The number of nitrogens with one attached hydrogen (secondary N) is 1. The molecular formula is C12H10ClNO3. The number of Topliss-reactive ketones (excluding diaryl/α,β-unsaturated/α-hetero) is 1. The molecule has 0 bridgehead atoms. The summed E-state index contributed by atoms with van der Waals surface area (Å²) >= 11 is 5.79. The standard InChI is InChI=1S/C12H10ClNO3/c1-7(15)6-14-12-5-10(16)9-4-8(13)2-3-11(9)17-12/h2-5,14H,6H2,1H3. The molecule has 2 rings (SSSR count). The van der Waals surface area contributed by atoms with E-state index in [2.05, 4.69) is 5.32 Å². The molecule has 4 nitrogen and oxygen atoms in total. The van der Waals surface area contributed by atoms with Crippen LogP contribution in [0.2, 0.25) is 5.02 Å². The summed E-state index contributed by atoms with van der Waals surface area (Å²) in [6.07, 6.45) is 0. The lowest BCUT2D eigenvalue weighted by Gasteiger charge is -2.04. The third-order valence-corrected chi connectivity index (χ3v) is 2.44. The molecule has 1 aromatic heterocycles. The molecule has 17 heavy (non-hydrogen) atoms. The smallest absolute Gasteiger partial charge is 0.197 e. The van der Waals surface area contributed by atoms with Gasteiger partial charge in [0.25, 0.3) is 0 Å². The van der Waals surface area contributed by atoms with Gasteiger partial charge in [-0.15, -0.1) is 0 Å². The van der Waals surface area contributed by atoms with Gasteiger partial charge in [0.05, 0.1) is 11.9 Å². The Kier molecular flexibility index (Phi) is 3.15. The number of ketones is 1. The van der Waals surface area contributed by atoms with Crippen molar-refractivity contribution in [2.75, 3.05) is 11.9 Å². The zero-order chi connectivity index (χ0) is 12.4. The molecule has 0 saturated heterocycles. The van der Waals surface area contributed by atoms with Crippen molar-refractivity contribution >= 4 is 34.2 Å². The highest BCUT2D eigenvalue weighted by molar-refractivity contribution is 6.31. The summed E-state index contributed by atoms with van der Waals surface area (Å²) in [6.45, 7) is 1.58. The maximum atomic E-state index is 11.8. The van der Waals surface area contributed by atoms with Crippen LogP contribution in [0.4, 0.5) is 5.88 Å². The number of carbonyl (C=O) groups is 1. The van der Waals surface area contributed by atoms with Crippen molar-refractivity contribution in [3.05, 3.63) is 39.5 Å². The van der Waals surface area contributed by atoms with Crippen molar-refractivity contribution < 1.29 is 9.21 Å². The van der Waals surface area contributed by atoms with E-state index in [4.69, 9.17) is 16.0 Å². The summed E-state index contributed by atoms with van der Waals surface area (Å²) in [4.78, 5) is 22.6. The molecule has 0 saturated carbocycles. The van der Waals surface area contributed by atoms with Crippen LogP contribution in [0.15, 0.2) is 33.5 Å². The highest BCUT2D eigenvalue weighted by atomic mass is 35.5. The fourth-order valence-corrected chi connectivity index (χ4v) is 1.60. The molecule has 0 radical (unpaired) electrons. The first kappa shape index (κ1) is 11.7. The van der Waals surface area contributed by atoms with Gasteiger partial charge in [-0.25, -0.2) is 0 Å². The van der Waals surface area contributed by atoms with Crippen molar-refractivity contribution in [3.8, 4) is 0 Å². The highest BCUT2D eigenvalue weighted by Crippen LogP contribution is 2.19. The van der Waals surface area contributed by atoms with Gasteiger partial charge in [0.2, 0.25) is 0 Å². The molecule has 0 fully saturated rings. The summed E-state index contributed by atoms with van der Waals surface area (Å²) in [7, 11) is 0. The lowest BCUT2D eigenvalue weighted by Crippen LogP contribution is -2.11. The quantitative estimate of drug-likeness (QED) is 0.910. The molecule has 0 aliphatic carbocycles. The predicted molar refractivity (Wildman–Crippen MR) is 66.7 cm³/mol. The molecule has 0 aliphatic rings. The van der Waals surface area contributed by atoms with Gasteiger partial charge >= 0.3 is 0 Å². The summed E-state index contributed by atoms with van der Waals surface area (Å²) in [5, 5.41) is 3.65. The van der Waals surface area contributed by atoms with Gasteiger partial charge in [-0.1, -0.05) is 11.6 Å². The minimum atomic E-state index is -0.195. The largest absolute Gasteiger partial charge is 0.440 e. The Morgan fingerprint density at radius 1 is 1.41 bits per heavy atom. The van der Waals surface area contributed by atoms with E-state index < -0.39 is 0 Å². The number of rotatable bonds is 3. The first-order chi connectivity index (χ1) is 8.06. The van der Waals surface area contributed by atoms with Gasteiger partial charge in [-0.2, -0.15) is 0 Å². The first-order valence-corrected chi connectivity index (χ1v) is 5.41. The van der Waals surface area contributed by atoms with Crippen LogP contribution in [-0.4, -0.2) is 12.3 Å². The lowest BCUT2D eigenvalue weighted by atomic mass is 10.2. The molecule has 1 aromatic carbocycles. The van der Waals surface area contributed by atoms with Gasteiger partial charge < -0.3 is 9.73 Å². The molecule has 1 N–H and O–H groups in total. The molecule has 0 amide bonds. The number of anilines is 1. The van der Waals surface area contributed by atoms with E-state index >= 15 is 0 Å². The molecule has 0 spiro atoms. The average Bonchev–Trinajstić information content (AvgIpc) is 2.27. The van der Waals surface area contributed by atoms with Crippen LogP contribution in [0.1, 0.15) is 6.92 Å². The monoisotopic (exact) mass is 251 g/mol. The van der Waals surface area contributed by atoms with Crippen LogP contribution < -0.4 is 10.7 Å². The molecule has 2 aromatic rings. The second-order valence-corrected chi connectivity index (χ2v) is 4.11. The van der Waals surface area contributed by atoms with Crippen molar-refractivity contribution in [2.45, 2.75) is 6.92 Å². The third kappa shape index (κ3) is 2.65. The maximum absolute atomic E-state index is 11.8. The maximum Gasteiger partial charge on any atom is 0.197 e. The minimum Gasteiger partial charge on any atom is -0.440 e. The van der Waals surface area contributed by atoms with Crippen LogP contribution in [0.3, 0.4) is 0 Å². The Balaban J connectivity index is 2.45. The van der Waals surface area contributed by atoms with E-state index in [0.29, 0.717) is 16.0 Å². The van der Waals surface area contributed by atoms with E-state index in [1.165, 1.54) is 13.0 Å². The van der Waals surface area contributed by atoms with Gasteiger partial charge in [0.15, 0.2) is 11.3 Å². The lowest BCUT2D eigenvalue weighted by molar-refractivity contribution is -0.115. The van der Waals surface area contributed by atoms with E-state index in [1.807, 2.05) is 0 Å².